The monoisotopic (exact) mass is 357 g/mol. The van der Waals surface area contributed by atoms with Crippen molar-refractivity contribution in [2.24, 2.45) is 0 Å². The van der Waals surface area contributed by atoms with Gasteiger partial charge in [-0.3, -0.25) is 14.1 Å². The van der Waals surface area contributed by atoms with Crippen LogP contribution in [-0.4, -0.2) is 21.3 Å². The van der Waals surface area contributed by atoms with E-state index in [9.17, 15) is 4.79 Å². The molecule has 5 heteroatoms. The van der Waals surface area contributed by atoms with Crippen molar-refractivity contribution in [1.29, 1.82) is 0 Å². The highest BCUT2D eigenvalue weighted by atomic mass is 79.9. The topological polar surface area (TPSA) is 37.6 Å². The molecule has 2 heterocycles. The quantitative estimate of drug-likeness (QED) is 0.719. The summed E-state index contributed by atoms with van der Waals surface area (Å²) in [7, 11) is 2.02. The zero-order valence-corrected chi connectivity index (χ0v) is 13.8. The van der Waals surface area contributed by atoms with Crippen molar-refractivity contribution >= 4 is 21.6 Å². The summed E-state index contributed by atoms with van der Waals surface area (Å²) in [5, 5.41) is 0. The predicted molar refractivity (Wildman–Crippen MR) is 90.8 cm³/mol. The largest absolute Gasteiger partial charge is 0.296 e. The number of pyridine rings is 1. The Bertz CT molecular complexity index is 842. The number of fused-ring (bicyclic) bond motifs is 1. The Kier molecular flexibility index (Phi) is 4.36. The van der Waals surface area contributed by atoms with Gasteiger partial charge in [-0.2, -0.15) is 0 Å². The molecule has 0 saturated heterocycles. The number of nitrogens with zero attached hydrogens (tertiary/aromatic N) is 3. The molecule has 22 heavy (non-hydrogen) atoms. The van der Waals surface area contributed by atoms with Gasteiger partial charge in [0, 0.05) is 29.8 Å². The van der Waals surface area contributed by atoms with Gasteiger partial charge in [-0.25, -0.2) is 4.98 Å². The van der Waals surface area contributed by atoms with Crippen LogP contribution in [-0.2, 0) is 13.1 Å². The second-order valence-electron chi connectivity index (χ2n) is 5.31. The van der Waals surface area contributed by atoms with E-state index in [1.807, 2.05) is 37.4 Å². The molecule has 0 spiro atoms. The van der Waals surface area contributed by atoms with Crippen molar-refractivity contribution in [2.75, 3.05) is 7.05 Å². The molecule has 3 aromatic rings. The second kappa shape index (κ2) is 6.42. The van der Waals surface area contributed by atoms with Gasteiger partial charge in [0.05, 0.1) is 5.69 Å². The van der Waals surface area contributed by atoms with Crippen LogP contribution in [0.2, 0.25) is 0 Å². The maximum atomic E-state index is 12.1. The van der Waals surface area contributed by atoms with Crippen LogP contribution in [0.1, 0.15) is 11.3 Å². The summed E-state index contributed by atoms with van der Waals surface area (Å²) in [6.45, 7) is 1.44. The number of hydrogen-bond donors (Lipinski definition) is 0. The Balaban J connectivity index is 1.77. The Morgan fingerprint density at radius 3 is 2.68 bits per heavy atom. The van der Waals surface area contributed by atoms with E-state index >= 15 is 0 Å². The molecule has 0 N–H and O–H groups in total. The van der Waals surface area contributed by atoms with Crippen LogP contribution in [0.5, 0.6) is 0 Å². The zero-order chi connectivity index (χ0) is 15.5. The molecule has 0 aliphatic heterocycles. The van der Waals surface area contributed by atoms with E-state index < -0.39 is 0 Å². The maximum Gasteiger partial charge on any atom is 0.258 e. The summed E-state index contributed by atoms with van der Waals surface area (Å²) in [6.07, 6.45) is 1.74. The number of benzene rings is 1. The van der Waals surface area contributed by atoms with Gasteiger partial charge in [0.15, 0.2) is 0 Å². The third kappa shape index (κ3) is 3.43. The number of halogens is 1. The lowest BCUT2D eigenvalue weighted by molar-refractivity contribution is 0.315. The van der Waals surface area contributed by atoms with Crippen LogP contribution < -0.4 is 5.56 Å². The van der Waals surface area contributed by atoms with Gasteiger partial charge in [0.1, 0.15) is 5.65 Å². The van der Waals surface area contributed by atoms with Crippen LogP contribution in [0.4, 0.5) is 0 Å². The minimum absolute atomic E-state index is 0.0439. The van der Waals surface area contributed by atoms with Crippen molar-refractivity contribution in [2.45, 2.75) is 13.1 Å². The average molecular weight is 358 g/mol. The van der Waals surface area contributed by atoms with Gasteiger partial charge in [-0.15, -0.1) is 0 Å². The molecule has 0 radical (unpaired) electrons. The number of hydrogen-bond acceptors (Lipinski definition) is 3. The summed E-state index contributed by atoms with van der Waals surface area (Å²) in [4.78, 5) is 18.8. The molecule has 0 amide bonds. The first-order chi connectivity index (χ1) is 10.6. The fourth-order valence-electron chi connectivity index (χ4n) is 2.42. The second-order valence-corrected chi connectivity index (χ2v) is 6.23. The minimum Gasteiger partial charge on any atom is -0.296 e. The van der Waals surface area contributed by atoms with Gasteiger partial charge < -0.3 is 0 Å². The third-order valence-electron chi connectivity index (χ3n) is 3.42. The van der Waals surface area contributed by atoms with E-state index in [1.54, 1.807) is 16.7 Å². The number of aromatic nitrogens is 2. The third-order valence-corrected chi connectivity index (χ3v) is 3.95. The number of rotatable bonds is 4. The Labute approximate surface area is 137 Å². The van der Waals surface area contributed by atoms with Crippen LogP contribution in [0, 0.1) is 0 Å². The van der Waals surface area contributed by atoms with E-state index in [1.165, 1.54) is 5.56 Å². The molecular weight excluding hydrogens is 342 g/mol. The maximum absolute atomic E-state index is 12.1. The lowest BCUT2D eigenvalue weighted by Crippen LogP contribution is -2.21. The standard InChI is InChI=1S/C17H16BrN3O/c1-20(11-13-5-7-14(18)8-6-13)12-15-10-17(22)21-9-3-2-4-16(21)19-15/h2-10H,11-12H2,1H3. The Morgan fingerprint density at radius 1 is 1.14 bits per heavy atom. The average Bonchev–Trinajstić information content (AvgIpc) is 2.49. The molecule has 2 aromatic heterocycles. The van der Waals surface area contributed by atoms with Gasteiger partial charge in [0.25, 0.3) is 5.56 Å². The normalized spacial score (nSPS) is 11.2. The highest BCUT2D eigenvalue weighted by Crippen LogP contribution is 2.12. The molecule has 112 valence electrons. The summed E-state index contributed by atoms with van der Waals surface area (Å²) in [6, 6.07) is 15.4. The highest BCUT2D eigenvalue weighted by molar-refractivity contribution is 9.10. The lowest BCUT2D eigenvalue weighted by atomic mass is 10.2. The van der Waals surface area contributed by atoms with E-state index in [4.69, 9.17) is 0 Å². The molecule has 0 bridgehead atoms. The first kappa shape index (κ1) is 14.9. The van der Waals surface area contributed by atoms with Gasteiger partial charge in [-0.1, -0.05) is 34.1 Å². The molecule has 0 fully saturated rings. The fraction of sp³-hybridized carbons (Fsp3) is 0.176. The lowest BCUT2D eigenvalue weighted by Gasteiger charge is -2.16. The first-order valence-corrected chi connectivity index (χ1v) is 7.81. The van der Waals surface area contributed by atoms with Crippen molar-refractivity contribution < 1.29 is 0 Å². The molecule has 0 unspecified atom stereocenters. The van der Waals surface area contributed by atoms with Crippen LogP contribution in [0.25, 0.3) is 5.65 Å². The van der Waals surface area contributed by atoms with Gasteiger partial charge in [0.2, 0.25) is 0 Å². The van der Waals surface area contributed by atoms with Crippen molar-refractivity contribution in [1.82, 2.24) is 14.3 Å². The van der Waals surface area contributed by atoms with E-state index in [2.05, 4.69) is 37.9 Å². The van der Waals surface area contributed by atoms with E-state index in [0.29, 0.717) is 12.2 Å². The summed E-state index contributed by atoms with van der Waals surface area (Å²) in [5.74, 6) is 0. The van der Waals surface area contributed by atoms with Crippen LogP contribution in [0.3, 0.4) is 0 Å². The van der Waals surface area contributed by atoms with E-state index in [-0.39, 0.29) is 5.56 Å². The molecular formula is C17H16BrN3O. The van der Waals surface area contributed by atoms with E-state index in [0.717, 1.165) is 16.7 Å². The molecule has 4 nitrogen and oxygen atoms in total. The first-order valence-electron chi connectivity index (χ1n) is 7.02. The molecule has 0 atom stereocenters. The van der Waals surface area contributed by atoms with Crippen molar-refractivity contribution in [3.63, 3.8) is 0 Å². The predicted octanol–water partition coefficient (Wildman–Crippen LogP) is 3.09. The zero-order valence-electron chi connectivity index (χ0n) is 12.2. The molecule has 1 aromatic carbocycles. The van der Waals surface area contributed by atoms with Gasteiger partial charge >= 0.3 is 0 Å². The Hall–Kier alpha value is -1.98. The highest BCUT2D eigenvalue weighted by Gasteiger charge is 2.06. The van der Waals surface area contributed by atoms with Crippen molar-refractivity contribution in [3.05, 3.63) is 80.8 Å². The summed E-state index contributed by atoms with van der Waals surface area (Å²) in [5.41, 5.74) is 2.65. The summed E-state index contributed by atoms with van der Waals surface area (Å²) >= 11 is 3.44. The van der Waals surface area contributed by atoms with Crippen molar-refractivity contribution in [3.8, 4) is 0 Å². The molecule has 3 rings (SSSR count). The fourth-order valence-corrected chi connectivity index (χ4v) is 2.68. The van der Waals surface area contributed by atoms with Crippen LogP contribution in [0.15, 0.2) is 64.0 Å². The minimum atomic E-state index is -0.0439. The van der Waals surface area contributed by atoms with Gasteiger partial charge in [-0.05, 0) is 36.9 Å². The molecule has 0 aliphatic rings. The SMILES string of the molecule is CN(Cc1ccc(Br)cc1)Cc1cc(=O)n2ccccc2n1. The molecule has 0 saturated carbocycles. The summed E-state index contributed by atoms with van der Waals surface area (Å²) < 4.78 is 2.63. The Morgan fingerprint density at radius 2 is 1.91 bits per heavy atom. The van der Waals surface area contributed by atoms with Crippen LogP contribution >= 0.6 is 15.9 Å². The molecule has 0 aliphatic carbocycles. The smallest absolute Gasteiger partial charge is 0.258 e.